The first-order chi connectivity index (χ1) is 21.1. The molecule has 43 heavy (non-hydrogen) atoms. The molecule has 1 unspecified atom stereocenters. The van der Waals surface area contributed by atoms with Crippen LogP contribution in [0.15, 0.2) is 144 Å². The maximum absolute atomic E-state index is 5.20. The summed E-state index contributed by atoms with van der Waals surface area (Å²) < 4.78 is 0. The summed E-state index contributed by atoms with van der Waals surface area (Å²) in [5.41, 5.74) is 13.0. The van der Waals surface area contributed by atoms with Gasteiger partial charge in [-0.25, -0.2) is 0 Å². The Balaban J connectivity index is 1.24. The molecule has 0 amide bonds. The van der Waals surface area contributed by atoms with E-state index < -0.39 is 0 Å². The Hall–Kier alpha value is -4.95. The first kappa shape index (κ1) is 25.7. The maximum atomic E-state index is 5.20. The van der Waals surface area contributed by atoms with Crippen molar-refractivity contribution in [1.29, 1.82) is 0 Å². The minimum Gasteiger partial charge on any atom is -0.340 e. The van der Waals surface area contributed by atoms with Crippen LogP contribution in [0.3, 0.4) is 0 Å². The quantitative estimate of drug-likeness (QED) is 0.235. The number of amidine groups is 1. The van der Waals surface area contributed by atoms with E-state index in [1.165, 1.54) is 49.7 Å². The Morgan fingerprint density at radius 3 is 2.21 bits per heavy atom. The topological polar surface area (TPSA) is 24.4 Å². The summed E-state index contributed by atoms with van der Waals surface area (Å²) in [6.45, 7) is 4.78. The van der Waals surface area contributed by atoms with Crippen LogP contribution in [0.4, 0.5) is 0 Å². The molecule has 1 N–H and O–H groups in total. The second-order valence-electron chi connectivity index (χ2n) is 12.3. The smallest absolute Gasteiger partial charge is 0.133 e. The van der Waals surface area contributed by atoms with Crippen LogP contribution in [0.5, 0.6) is 0 Å². The van der Waals surface area contributed by atoms with Crippen molar-refractivity contribution >= 4 is 27.9 Å². The standard InChI is InChI=1S/C41H34N2/c1-41(2)34-20-12-11-19-33(34)39-35(41)25-31-17-9-10-18-32(31)38(39)29-21-23-30(24-22-29)40-42-36(27-13-5-3-6-14-27)26-37(43-40)28-15-7-4-8-16-28/h3-10,12-18,20-26,36H,11,19H2,1-2H3,(H,42,43). The highest BCUT2D eigenvalue weighted by molar-refractivity contribution is 6.08. The number of hydrogen-bond donors (Lipinski definition) is 1. The Morgan fingerprint density at radius 1 is 0.721 bits per heavy atom. The first-order valence-electron chi connectivity index (χ1n) is 15.3. The molecule has 1 aliphatic heterocycles. The second kappa shape index (κ2) is 10.1. The van der Waals surface area contributed by atoms with E-state index in [0.717, 1.165) is 35.5 Å². The highest BCUT2D eigenvalue weighted by Crippen LogP contribution is 2.54. The average molecular weight is 555 g/mol. The fraction of sp³-hybridized carbons (Fsp3) is 0.146. The molecule has 0 bridgehead atoms. The summed E-state index contributed by atoms with van der Waals surface area (Å²) in [5, 5.41) is 6.28. The van der Waals surface area contributed by atoms with E-state index in [1.54, 1.807) is 0 Å². The lowest BCUT2D eigenvalue weighted by Crippen LogP contribution is -2.27. The van der Waals surface area contributed by atoms with Gasteiger partial charge in [0.25, 0.3) is 0 Å². The molecule has 2 aliphatic carbocycles. The number of benzene rings is 5. The van der Waals surface area contributed by atoms with Crippen LogP contribution in [0.1, 0.15) is 60.5 Å². The van der Waals surface area contributed by atoms with Crippen molar-refractivity contribution < 1.29 is 0 Å². The zero-order valence-corrected chi connectivity index (χ0v) is 24.6. The van der Waals surface area contributed by atoms with Gasteiger partial charge in [0.1, 0.15) is 5.84 Å². The summed E-state index contributed by atoms with van der Waals surface area (Å²) in [4.78, 5) is 5.20. The van der Waals surface area contributed by atoms with Gasteiger partial charge in [-0.05, 0) is 80.3 Å². The summed E-state index contributed by atoms with van der Waals surface area (Å²) in [7, 11) is 0. The van der Waals surface area contributed by atoms with E-state index in [2.05, 4.69) is 153 Å². The molecule has 208 valence electrons. The molecule has 8 rings (SSSR count). The third kappa shape index (κ3) is 4.29. The van der Waals surface area contributed by atoms with Gasteiger partial charge < -0.3 is 5.32 Å². The number of allylic oxidation sites excluding steroid dienone is 4. The van der Waals surface area contributed by atoms with Crippen LogP contribution in [-0.4, -0.2) is 5.84 Å². The van der Waals surface area contributed by atoms with Crippen LogP contribution in [-0.2, 0) is 5.41 Å². The molecule has 2 heteroatoms. The molecule has 5 aromatic rings. The van der Waals surface area contributed by atoms with Crippen molar-refractivity contribution in [2.24, 2.45) is 4.99 Å². The third-order valence-electron chi connectivity index (χ3n) is 9.39. The second-order valence-corrected chi connectivity index (χ2v) is 12.3. The highest BCUT2D eigenvalue weighted by atomic mass is 15.0. The van der Waals surface area contributed by atoms with Crippen molar-refractivity contribution in [3.05, 3.63) is 167 Å². The number of nitrogens with zero attached hydrogens (tertiary/aromatic N) is 1. The predicted molar refractivity (Wildman–Crippen MR) is 181 cm³/mol. The van der Waals surface area contributed by atoms with E-state index in [-0.39, 0.29) is 11.5 Å². The van der Waals surface area contributed by atoms with Gasteiger partial charge in [-0.2, -0.15) is 0 Å². The summed E-state index contributed by atoms with van der Waals surface area (Å²) >= 11 is 0. The number of rotatable bonds is 4. The zero-order valence-electron chi connectivity index (χ0n) is 24.6. The number of fused-ring (bicyclic) bond motifs is 3. The summed E-state index contributed by atoms with van der Waals surface area (Å²) in [5.74, 6) is 0.897. The monoisotopic (exact) mass is 554 g/mol. The minimum absolute atomic E-state index is 0.00627. The lowest BCUT2D eigenvalue weighted by molar-refractivity contribution is 0.652. The Bertz CT molecular complexity index is 1990. The van der Waals surface area contributed by atoms with E-state index in [9.17, 15) is 0 Å². The first-order valence-corrected chi connectivity index (χ1v) is 15.3. The van der Waals surface area contributed by atoms with Gasteiger partial charge in [-0.3, -0.25) is 4.99 Å². The van der Waals surface area contributed by atoms with E-state index >= 15 is 0 Å². The molecule has 0 spiro atoms. The molecule has 3 aliphatic rings. The van der Waals surface area contributed by atoms with Crippen molar-refractivity contribution in [1.82, 2.24) is 5.32 Å². The zero-order chi connectivity index (χ0) is 29.0. The van der Waals surface area contributed by atoms with Crippen molar-refractivity contribution in [2.75, 3.05) is 0 Å². The third-order valence-corrected chi connectivity index (χ3v) is 9.39. The van der Waals surface area contributed by atoms with Gasteiger partial charge in [0, 0.05) is 16.7 Å². The molecule has 2 nitrogen and oxygen atoms in total. The Labute approximate surface area is 253 Å². The Kier molecular flexibility index (Phi) is 6.04. The molecule has 5 aromatic carbocycles. The normalized spacial score (nSPS) is 18.5. The molecule has 0 fully saturated rings. The average Bonchev–Trinajstić information content (AvgIpc) is 3.30. The number of nitrogens with one attached hydrogen (secondary N) is 1. The molecule has 0 saturated heterocycles. The van der Waals surface area contributed by atoms with E-state index in [4.69, 9.17) is 4.99 Å². The molecule has 0 saturated carbocycles. The van der Waals surface area contributed by atoms with Crippen molar-refractivity contribution in [2.45, 2.75) is 38.1 Å². The SMILES string of the molecule is CC1(C)C2=C(CCC=C2)c2c1cc1ccccc1c2-c1ccc(C2=NC(c3ccccc3)C=C(c3ccccc3)N2)cc1. The number of hydrogen-bond acceptors (Lipinski definition) is 2. The van der Waals surface area contributed by atoms with Crippen molar-refractivity contribution in [3.8, 4) is 11.1 Å². The van der Waals surface area contributed by atoms with E-state index in [1.807, 2.05) is 0 Å². The minimum atomic E-state index is -0.0550. The molecule has 1 heterocycles. The van der Waals surface area contributed by atoms with Gasteiger partial charge in [0.15, 0.2) is 0 Å². The predicted octanol–water partition coefficient (Wildman–Crippen LogP) is 10.0. The number of aliphatic imine (C=N–C) groups is 1. The van der Waals surface area contributed by atoms with Crippen LogP contribution < -0.4 is 5.32 Å². The molecule has 1 atom stereocenters. The maximum Gasteiger partial charge on any atom is 0.133 e. The van der Waals surface area contributed by atoms with Gasteiger partial charge in [-0.15, -0.1) is 0 Å². The largest absolute Gasteiger partial charge is 0.340 e. The van der Waals surface area contributed by atoms with Gasteiger partial charge >= 0.3 is 0 Å². The van der Waals surface area contributed by atoms with Crippen LogP contribution in [0, 0.1) is 0 Å². The van der Waals surface area contributed by atoms with Crippen LogP contribution >= 0.6 is 0 Å². The van der Waals surface area contributed by atoms with Crippen LogP contribution in [0.25, 0.3) is 33.2 Å². The molecular weight excluding hydrogens is 520 g/mol. The van der Waals surface area contributed by atoms with Crippen LogP contribution in [0.2, 0.25) is 0 Å². The van der Waals surface area contributed by atoms with Crippen molar-refractivity contribution in [3.63, 3.8) is 0 Å². The van der Waals surface area contributed by atoms with Gasteiger partial charge in [0.05, 0.1) is 6.04 Å². The molecule has 0 radical (unpaired) electrons. The van der Waals surface area contributed by atoms with Gasteiger partial charge in [-0.1, -0.05) is 135 Å². The van der Waals surface area contributed by atoms with E-state index in [0.29, 0.717) is 0 Å². The Morgan fingerprint density at radius 2 is 1.42 bits per heavy atom. The molecule has 0 aromatic heterocycles. The lowest BCUT2D eigenvalue weighted by Gasteiger charge is -2.25. The summed E-state index contributed by atoms with van der Waals surface area (Å²) in [6.07, 6.45) is 9.16. The highest BCUT2D eigenvalue weighted by Gasteiger charge is 2.39. The molecular formula is C41H34N2. The lowest BCUT2D eigenvalue weighted by atomic mass is 9.79. The fourth-order valence-electron chi connectivity index (χ4n) is 7.19. The van der Waals surface area contributed by atoms with Gasteiger partial charge in [0.2, 0.25) is 0 Å². The summed E-state index contributed by atoms with van der Waals surface area (Å²) in [6, 6.07) is 41.4. The fourth-order valence-corrected chi connectivity index (χ4v) is 7.19.